The van der Waals surface area contributed by atoms with E-state index in [4.69, 9.17) is 4.74 Å². The molecule has 0 fully saturated rings. The molecule has 0 spiro atoms. The number of benzene rings is 9. The van der Waals surface area contributed by atoms with E-state index in [0.29, 0.717) is 11.8 Å². The van der Waals surface area contributed by atoms with Crippen LogP contribution in [0.5, 0.6) is 11.5 Å². The second-order valence-corrected chi connectivity index (χ2v) is 15.7. The second-order valence-electron chi connectivity index (χ2n) is 15.7. The lowest BCUT2D eigenvalue weighted by Crippen LogP contribution is -2.13. The molecule has 59 heavy (non-hydrogen) atoms. The summed E-state index contributed by atoms with van der Waals surface area (Å²) in [6, 6.07) is 72.4. The monoisotopic (exact) mass is 755 g/mol. The van der Waals surface area contributed by atoms with E-state index in [0.717, 1.165) is 50.6 Å². The van der Waals surface area contributed by atoms with Crippen LogP contribution in [0.3, 0.4) is 0 Å². The summed E-state index contributed by atoms with van der Waals surface area (Å²) in [5.74, 6) is 2.54. The third kappa shape index (κ3) is 6.13. The molecule has 0 aromatic heterocycles. The maximum Gasteiger partial charge on any atom is 0.135 e. The Labute approximate surface area is 345 Å². The van der Waals surface area contributed by atoms with Gasteiger partial charge >= 0.3 is 0 Å². The van der Waals surface area contributed by atoms with Crippen molar-refractivity contribution < 1.29 is 4.74 Å². The molecule has 0 saturated carbocycles. The molecule has 9 aromatic rings. The molecule has 2 heteroatoms. The van der Waals surface area contributed by atoms with Crippen LogP contribution in [-0.4, -0.2) is 0 Å². The minimum absolute atomic E-state index is 0.370. The molecule has 0 radical (unpaired) electrons. The highest BCUT2D eigenvalue weighted by molar-refractivity contribution is 6.06. The van der Waals surface area contributed by atoms with Gasteiger partial charge in [0.2, 0.25) is 0 Å². The van der Waals surface area contributed by atoms with Crippen LogP contribution < -0.4 is 9.64 Å². The van der Waals surface area contributed by atoms with E-state index in [9.17, 15) is 0 Å². The SMILES string of the molecule is CC1C=C(c2ccc(N(c3ccccc3-c3ccc4c(c3)-c3cccc5cccc(c35)O4)c3ccccc3-c3cccc4ccccc34)cc2)C=CC1c1ccccc1. The van der Waals surface area contributed by atoms with Crippen molar-refractivity contribution in [3.63, 3.8) is 0 Å². The molecular formula is C57H41NO. The lowest BCUT2D eigenvalue weighted by molar-refractivity contribution is 0.487. The molecule has 1 heterocycles. The van der Waals surface area contributed by atoms with E-state index in [1.807, 2.05) is 0 Å². The van der Waals surface area contributed by atoms with E-state index in [2.05, 4.69) is 230 Å². The van der Waals surface area contributed by atoms with Gasteiger partial charge in [-0.15, -0.1) is 0 Å². The van der Waals surface area contributed by atoms with Gasteiger partial charge in [-0.05, 0) is 97.9 Å². The van der Waals surface area contributed by atoms with Crippen LogP contribution in [-0.2, 0) is 0 Å². The molecule has 2 unspecified atom stereocenters. The molecule has 11 rings (SSSR count). The van der Waals surface area contributed by atoms with Gasteiger partial charge in [0.05, 0.1) is 11.4 Å². The van der Waals surface area contributed by atoms with Gasteiger partial charge in [0.1, 0.15) is 11.5 Å². The number of allylic oxidation sites excluding steroid dienone is 4. The molecule has 1 aliphatic carbocycles. The Morgan fingerprint density at radius 1 is 0.458 bits per heavy atom. The van der Waals surface area contributed by atoms with Gasteiger partial charge in [-0.25, -0.2) is 0 Å². The number of fused-ring (bicyclic) bond motifs is 3. The molecule has 2 nitrogen and oxygen atoms in total. The van der Waals surface area contributed by atoms with E-state index >= 15 is 0 Å². The van der Waals surface area contributed by atoms with E-state index < -0.39 is 0 Å². The summed E-state index contributed by atoms with van der Waals surface area (Å²) in [5, 5.41) is 4.79. The molecule has 2 aliphatic rings. The first kappa shape index (κ1) is 34.8. The number of anilines is 3. The summed E-state index contributed by atoms with van der Waals surface area (Å²) < 4.78 is 6.53. The van der Waals surface area contributed by atoms with Crippen molar-refractivity contribution in [3.05, 3.63) is 230 Å². The zero-order chi connectivity index (χ0) is 39.3. The van der Waals surface area contributed by atoms with Crippen LogP contribution in [0.4, 0.5) is 17.1 Å². The van der Waals surface area contributed by atoms with Crippen LogP contribution in [0.1, 0.15) is 24.0 Å². The van der Waals surface area contributed by atoms with Crippen molar-refractivity contribution in [1.29, 1.82) is 0 Å². The molecule has 0 saturated heterocycles. The highest BCUT2D eigenvalue weighted by atomic mass is 16.5. The first-order valence-corrected chi connectivity index (χ1v) is 20.5. The number of ether oxygens (including phenoxy) is 1. The first-order valence-electron chi connectivity index (χ1n) is 20.5. The summed E-state index contributed by atoms with van der Waals surface area (Å²) in [6.07, 6.45) is 7.09. The number of hydrogen-bond acceptors (Lipinski definition) is 2. The molecule has 280 valence electrons. The van der Waals surface area contributed by atoms with Gasteiger partial charge in [-0.3, -0.25) is 0 Å². The molecular weight excluding hydrogens is 715 g/mol. The Kier molecular flexibility index (Phi) is 8.56. The largest absolute Gasteiger partial charge is 0.456 e. The Morgan fingerprint density at radius 2 is 1.08 bits per heavy atom. The van der Waals surface area contributed by atoms with E-state index in [-0.39, 0.29) is 0 Å². The minimum Gasteiger partial charge on any atom is -0.456 e. The average molecular weight is 756 g/mol. The average Bonchev–Trinajstić information content (AvgIpc) is 3.30. The fraction of sp³-hybridized carbons (Fsp3) is 0.0526. The van der Waals surface area contributed by atoms with Gasteiger partial charge in [0.25, 0.3) is 0 Å². The highest BCUT2D eigenvalue weighted by Gasteiger charge is 2.25. The highest BCUT2D eigenvalue weighted by Crippen LogP contribution is 2.50. The summed E-state index contributed by atoms with van der Waals surface area (Å²) in [6.45, 7) is 2.32. The van der Waals surface area contributed by atoms with Crippen LogP contribution in [0.25, 0.3) is 60.5 Å². The number of rotatable bonds is 7. The first-order chi connectivity index (χ1) is 29.2. The van der Waals surface area contributed by atoms with E-state index in [1.165, 1.54) is 49.5 Å². The van der Waals surface area contributed by atoms with Gasteiger partial charge in [0, 0.05) is 33.7 Å². The Morgan fingerprint density at radius 3 is 1.90 bits per heavy atom. The Hall–Kier alpha value is -7.42. The summed E-state index contributed by atoms with van der Waals surface area (Å²) in [4.78, 5) is 2.45. The third-order valence-electron chi connectivity index (χ3n) is 12.2. The van der Waals surface area contributed by atoms with Crippen molar-refractivity contribution in [1.82, 2.24) is 0 Å². The van der Waals surface area contributed by atoms with Crippen molar-refractivity contribution in [3.8, 4) is 44.9 Å². The fourth-order valence-corrected chi connectivity index (χ4v) is 9.32. The molecule has 2 atom stereocenters. The third-order valence-corrected chi connectivity index (χ3v) is 12.2. The molecule has 0 bridgehead atoms. The standard InChI is InChI=1S/C57H41NO/c1-38-36-43(30-34-46(38)40-14-3-2-4-15-40)39-28-32-45(33-29-39)58(54-26-10-8-22-50(54)49-23-11-17-41-16-5-6-20-47(41)49)53-25-9-7-21-48(53)44-31-35-55-52(37-44)51-24-12-18-42-19-13-27-56(59-55)57(42)51/h2-38,46H,1H3. The zero-order valence-electron chi connectivity index (χ0n) is 32.8. The lowest BCUT2D eigenvalue weighted by Gasteiger charge is -2.30. The Balaban J connectivity index is 1.06. The molecule has 1 aliphatic heterocycles. The summed E-state index contributed by atoms with van der Waals surface area (Å²) in [7, 11) is 0. The fourth-order valence-electron chi connectivity index (χ4n) is 9.32. The Bertz CT molecular complexity index is 3090. The van der Waals surface area contributed by atoms with Crippen LogP contribution >= 0.6 is 0 Å². The maximum absolute atomic E-state index is 6.53. The second kappa shape index (κ2) is 14.5. The van der Waals surface area contributed by atoms with Crippen molar-refractivity contribution in [2.45, 2.75) is 12.8 Å². The van der Waals surface area contributed by atoms with Crippen molar-refractivity contribution in [2.75, 3.05) is 4.90 Å². The van der Waals surface area contributed by atoms with Crippen LogP contribution in [0.15, 0.2) is 218 Å². The predicted molar refractivity (Wildman–Crippen MR) is 248 cm³/mol. The normalized spacial score (nSPS) is 15.4. The summed E-state index contributed by atoms with van der Waals surface area (Å²) >= 11 is 0. The number of hydrogen-bond donors (Lipinski definition) is 0. The molecule has 9 aromatic carbocycles. The molecule has 0 N–H and O–H groups in total. The lowest BCUT2D eigenvalue weighted by atomic mass is 9.81. The maximum atomic E-state index is 6.53. The number of nitrogens with zero attached hydrogens (tertiary/aromatic N) is 1. The zero-order valence-corrected chi connectivity index (χ0v) is 32.8. The summed E-state index contributed by atoms with van der Waals surface area (Å²) in [5.41, 5.74) is 14.1. The number of para-hydroxylation sites is 2. The van der Waals surface area contributed by atoms with Gasteiger partial charge < -0.3 is 9.64 Å². The van der Waals surface area contributed by atoms with E-state index in [1.54, 1.807) is 0 Å². The quantitative estimate of drug-likeness (QED) is 0.161. The minimum atomic E-state index is 0.370. The smallest absolute Gasteiger partial charge is 0.135 e. The van der Waals surface area contributed by atoms with Gasteiger partial charge in [-0.1, -0.05) is 183 Å². The van der Waals surface area contributed by atoms with Crippen LogP contribution in [0, 0.1) is 5.92 Å². The van der Waals surface area contributed by atoms with Gasteiger partial charge in [-0.2, -0.15) is 0 Å². The van der Waals surface area contributed by atoms with Crippen molar-refractivity contribution >= 4 is 44.2 Å². The topological polar surface area (TPSA) is 12.5 Å². The predicted octanol–water partition coefficient (Wildman–Crippen LogP) is 15.9. The van der Waals surface area contributed by atoms with Gasteiger partial charge in [0.15, 0.2) is 0 Å². The molecule has 0 amide bonds. The van der Waals surface area contributed by atoms with Crippen LogP contribution in [0.2, 0.25) is 0 Å². The van der Waals surface area contributed by atoms with Crippen molar-refractivity contribution in [2.24, 2.45) is 5.92 Å².